The number of nitrogens with one attached hydrogen (secondary N) is 1. The average molecular weight is 690 g/mol. The zero-order chi connectivity index (χ0) is 35.7. The Labute approximate surface area is 290 Å². The van der Waals surface area contributed by atoms with E-state index in [9.17, 15) is 14.8 Å². The van der Waals surface area contributed by atoms with Crippen molar-refractivity contribution in [2.75, 3.05) is 0 Å². The second-order valence-electron chi connectivity index (χ2n) is 15.4. The van der Waals surface area contributed by atoms with Crippen molar-refractivity contribution in [2.45, 2.75) is 116 Å². The molecule has 48 heavy (non-hydrogen) atoms. The topological polar surface area (TPSA) is 128 Å². The molecule has 0 spiro atoms. The van der Waals surface area contributed by atoms with Crippen molar-refractivity contribution in [1.82, 2.24) is 24.5 Å². The van der Waals surface area contributed by atoms with Crippen LogP contribution in [0.1, 0.15) is 92.1 Å². The van der Waals surface area contributed by atoms with Gasteiger partial charge in [-0.1, -0.05) is 58.1 Å². The van der Waals surface area contributed by atoms with E-state index in [1.54, 1.807) is 30.8 Å². The number of pyridine rings is 2. The van der Waals surface area contributed by atoms with Crippen LogP contribution >= 0.6 is 0 Å². The van der Waals surface area contributed by atoms with Crippen LogP contribution in [0.15, 0.2) is 54.7 Å². The fraction of sp³-hybridized carbons (Fsp3) is 0.486. The van der Waals surface area contributed by atoms with Gasteiger partial charge in [-0.25, -0.2) is 14.6 Å². The van der Waals surface area contributed by atoms with Crippen LogP contribution in [-0.4, -0.2) is 53.2 Å². The number of fused-ring (bicyclic) bond motifs is 1. The van der Waals surface area contributed by atoms with Gasteiger partial charge in [-0.05, 0) is 95.6 Å². The Hall–Kier alpha value is -3.08. The highest BCUT2D eigenvalue weighted by Gasteiger charge is 2.40. The van der Waals surface area contributed by atoms with Crippen molar-refractivity contribution in [3.8, 4) is 28.9 Å². The fourth-order valence-corrected chi connectivity index (χ4v) is 6.40. The Balaban J connectivity index is 1.84. The molecule has 0 amide bonds. The van der Waals surface area contributed by atoms with Crippen LogP contribution in [0, 0.1) is 11.8 Å². The molecule has 3 heterocycles. The molecule has 3 N–H and O–H groups in total. The zero-order valence-electron chi connectivity index (χ0n) is 30.2. The minimum atomic E-state index is -1.98. The van der Waals surface area contributed by atoms with Gasteiger partial charge in [-0.15, -0.1) is 4.72 Å². The lowest BCUT2D eigenvalue weighted by Crippen LogP contribution is -2.51. The largest absolute Gasteiger partial charge is 0.598 e. The lowest BCUT2D eigenvalue weighted by molar-refractivity contribution is 0.0101. The number of hydrogen-bond acceptors (Lipinski definition) is 8. The highest BCUT2D eigenvalue weighted by molar-refractivity contribution is 7.90. The second kappa shape index (κ2) is 14.0. The lowest BCUT2D eigenvalue weighted by atomic mass is 10.0. The van der Waals surface area contributed by atoms with Crippen LogP contribution < -0.4 is 4.72 Å². The van der Waals surface area contributed by atoms with Crippen molar-refractivity contribution in [3.63, 3.8) is 0 Å². The SMILES string of the molecule is CCC[C@@](O)(N[S@+]([O-])C(C)(C)C)c1cccc(-c2cc(C#CC(C)(C)O)c3cnn(-c4cccc(CO[Si](C)(C)C(C)(C)C)n4)c3c2)n1. The first-order valence-corrected chi connectivity index (χ1v) is 20.5. The van der Waals surface area contributed by atoms with Gasteiger partial charge in [0.25, 0.3) is 0 Å². The molecule has 2 atom stereocenters. The van der Waals surface area contributed by atoms with E-state index in [0.717, 1.165) is 22.2 Å². The molecule has 0 saturated heterocycles. The van der Waals surface area contributed by atoms with Crippen LogP contribution in [0.5, 0.6) is 0 Å². The number of nitrogens with zero attached hydrogens (tertiary/aromatic N) is 4. The molecule has 0 saturated carbocycles. The van der Waals surface area contributed by atoms with Gasteiger partial charge in [0.15, 0.2) is 19.9 Å². The number of hydrogen-bond donors (Lipinski definition) is 3. The molecule has 4 aromatic rings. The maximum Gasteiger partial charge on any atom is 0.200 e. The quantitative estimate of drug-likeness (QED) is 0.0695. The monoisotopic (exact) mass is 689 g/mol. The first kappa shape index (κ1) is 37.7. The summed E-state index contributed by atoms with van der Waals surface area (Å²) in [5.41, 5.74) is 1.12. The summed E-state index contributed by atoms with van der Waals surface area (Å²) in [6.07, 6.45) is 2.72. The van der Waals surface area contributed by atoms with Crippen molar-refractivity contribution in [1.29, 1.82) is 0 Å². The van der Waals surface area contributed by atoms with Crippen LogP contribution in [-0.2, 0) is 28.1 Å². The van der Waals surface area contributed by atoms with Crippen LogP contribution in [0.3, 0.4) is 0 Å². The molecule has 0 unspecified atom stereocenters. The van der Waals surface area contributed by atoms with Crippen LogP contribution in [0.25, 0.3) is 28.0 Å². The van der Waals surface area contributed by atoms with E-state index >= 15 is 0 Å². The van der Waals surface area contributed by atoms with Crippen molar-refractivity contribution in [3.05, 3.63) is 71.7 Å². The van der Waals surface area contributed by atoms with Gasteiger partial charge < -0.3 is 19.2 Å². The van der Waals surface area contributed by atoms with E-state index in [1.807, 2.05) is 70.2 Å². The van der Waals surface area contributed by atoms with Gasteiger partial charge in [0.05, 0.1) is 35.4 Å². The summed E-state index contributed by atoms with van der Waals surface area (Å²) < 4.78 is 23.7. The first-order valence-electron chi connectivity index (χ1n) is 16.4. The smallest absolute Gasteiger partial charge is 0.200 e. The second-order valence-corrected chi connectivity index (χ2v) is 22.1. The molecule has 9 nitrogen and oxygen atoms in total. The summed E-state index contributed by atoms with van der Waals surface area (Å²) >= 11 is -1.53. The minimum absolute atomic E-state index is 0.0804. The molecule has 0 radical (unpaired) electrons. The zero-order valence-corrected chi connectivity index (χ0v) is 32.0. The third-order valence-corrected chi connectivity index (χ3v) is 14.6. The minimum Gasteiger partial charge on any atom is -0.598 e. The Morgan fingerprint density at radius 2 is 1.67 bits per heavy atom. The van der Waals surface area contributed by atoms with E-state index < -0.39 is 35.8 Å². The summed E-state index contributed by atoms with van der Waals surface area (Å²) in [6.45, 7) is 22.3. The highest BCUT2D eigenvalue weighted by Crippen LogP contribution is 2.37. The molecule has 11 heteroatoms. The van der Waals surface area contributed by atoms with E-state index in [4.69, 9.17) is 19.5 Å². The molecule has 0 fully saturated rings. The Bertz CT molecular complexity index is 1810. The van der Waals surface area contributed by atoms with Gasteiger partial charge in [0.2, 0.25) is 0 Å². The predicted octanol–water partition coefficient (Wildman–Crippen LogP) is 7.12. The Morgan fingerprint density at radius 1 is 0.979 bits per heavy atom. The van der Waals surface area contributed by atoms with E-state index in [2.05, 4.69) is 50.4 Å². The summed E-state index contributed by atoms with van der Waals surface area (Å²) in [6, 6.07) is 15.1. The number of benzene rings is 1. The highest BCUT2D eigenvalue weighted by atomic mass is 32.2. The number of aliphatic hydroxyl groups is 2. The summed E-state index contributed by atoms with van der Waals surface area (Å²) in [4.78, 5) is 9.81. The average Bonchev–Trinajstić information content (AvgIpc) is 3.42. The first-order chi connectivity index (χ1) is 22.1. The van der Waals surface area contributed by atoms with Gasteiger partial charge in [-0.3, -0.25) is 0 Å². The Kier molecular flexibility index (Phi) is 11.0. The summed E-state index contributed by atoms with van der Waals surface area (Å²) in [5.74, 6) is 6.72. The standard InChI is InChI=1S/C37H51N5O4SSi/c1-12-20-37(44,41-47(45)34(2,3)4)32-17-14-16-30(40-32)27-22-26(19-21-36(8,9)43)29-24-38-42(31(29)23-27)33-18-13-15-28(39-33)25-46-48(10,11)35(5,6)7/h13-18,22-24,41,43-44H,12,20,25H2,1-11H3/t37-,47+/m0/s1. The number of aromatic nitrogens is 4. The van der Waals surface area contributed by atoms with Crippen molar-refractivity contribution in [2.24, 2.45) is 0 Å². The Morgan fingerprint density at radius 3 is 2.29 bits per heavy atom. The molecule has 0 bridgehead atoms. The molecule has 4 rings (SSSR count). The summed E-state index contributed by atoms with van der Waals surface area (Å²) in [5, 5.41) is 27.8. The third-order valence-electron chi connectivity index (χ3n) is 8.49. The van der Waals surface area contributed by atoms with E-state index in [-0.39, 0.29) is 5.04 Å². The molecule has 0 aliphatic rings. The van der Waals surface area contributed by atoms with Gasteiger partial charge >= 0.3 is 0 Å². The van der Waals surface area contributed by atoms with Crippen LogP contribution in [0.2, 0.25) is 18.1 Å². The van der Waals surface area contributed by atoms with E-state index in [1.165, 1.54) is 0 Å². The van der Waals surface area contributed by atoms with Gasteiger partial charge in [0.1, 0.15) is 10.3 Å². The number of rotatable bonds is 10. The predicted molar refractivity (Wildman–Crippen MR) is 197 cm³/mol. The molecule has 3 aromatic heterocycles. The van der Waals surface area contributed by atoms with Gasteiger partial charge in [0, 0.05) is 27.9 Å². The van der Waals surface area contributed by atoms with Crippen molar-refractivity contribution >= 4 is 30.6 Å². The lowest BCUT2D eigenvalue weighted by Gasteiger charge is -2.36. The van der Waals surface area contributed by atoms with Crippen molar-refractivity contribution < 1.29 is 19.2 Å². The molecule has 0 aliphatic heterocycles. The molecular weight excluding hydrogens is 639 g/mol. The maximum atomic E-state index is 13.1. The van der Waals surface area contributed by atoms with Gasteiger partial charge in [-0.2, -0.15) is 5.10 Å². The maximum absolute atomic E-state index is 13.1. The molecular formula is C37H51N5O4SSi. The summed E-state index contributed by atoms with van der Waals surface area (Å²) in [7, 11) is -1.98. The fourth-order valence-electron chi connectivity index (χ4n) is 4.64. The molecule has 0 aliphatic carbocycles. The molecule has 258 valence electrons. The van der Waals surface area contributed by atoms with Crippen LogP contribution in [0.4, 0.5) is 0 Å². The molecule has 1 aromatic carbocycles. The third kappa shape index (κ3) is 8.93. The van der Waals surface area contributed by atoms with E-state index in [0.29, 0.717) is 42.2 Å². The normalized spacial score (nSPS) is 14.8.